The molecular formula is C11H11FN2O5. The van der Waals surface area contributed by atoms with Gasteiger partial charge in [0.15, 0.2) is 6.04 Å². The molecule has 8 heteroatoms. The molecule has 0 aliphatic rings. The highest BCUT2D eigenvalue weighted by Gasteiger charge is 2.22. The Balaban J connectivity index is 3.02. The molecule has 0 heterocycles. The van der Waals surface area contributed by atoms with E-state index in [1.165, 1.54) is 19.1 Å². The Kier molecular flexibility index (Phi) is 4.51. The van der Waals surface area contributed by atoms with E-state index in [1.54, 1.807) is 0 Å². The van der Waals surface area contributed by atoms with E-state index in [9.17, 15) is 24.1 Å². The van der Waals surface area contributed by atoms with E-state index in [4.69, 9.17) is 5.11 Å². The molecule has 1 aromatic carbocycles. The highest BCUT2D eigenvalue weighted by Crippen LogP contribution is 2.17. The Labute approximate surface area is 107 Å². The Bertz CT molecular complexity index is 532. The van der Waals surface area contributed by atoms with Crippen molar-refractivity contribution < 1.29 is 24.0 Å². The molecule has 0 aliphatic heterocycles. The average Bonchev–Trinajstić information content (AvgIpc) is 2.35. The maximum absolute atomic E-state index is 12.4. The number of nitro groups is 1. The summed E-state index contributed by atoms with van der Waals surface area (Å²) in [6.45, 7) is 0.263. The first-order valence-corrected chi connectivity index (χ1v) is 5.21. The van der Waals surface area contributed by atoms with Gasteiger partial charge in [-0.05, 0) is 12.5 Å². The number of benzene rings is 1. The number of carboxylic acid groups (broad SMARTS) is 1. The van der Waals surface area contributed by atoms with Gasteiger partial charge in [-0.25, -0.2) is 9.18 Å². The van der Waals surface area contributed by atoms with E-state index >= 15 is 0 Å². The fourth-order valence-corrected chi connectivity index (χ4v) is 1.37. The van der Waals surface area contributed by atoms with Gasteiger partial charge in [-0.3, -0.25) is 14.9 Å². The zero-order valence-electron chi connectivity index (χ0n) is 9.92. The number of alkyl halides is 1. The van der Waals surface area contributed by atoms with Gasteiger partial charge < -0.3 is 10.4 Å². The molecule has 0 saturated heterocycles. The molecule has 0 aromatic heterocycles. The molecule has 102 valence electrons. The van der Waals surface area contributed by atoms with Crippen LogP contribution in [0.2, 0.25) is 0 Å². The van der Waals surface area contributed by atoms with E-state index < -0.39 is 29.5 Å². The first-order valence-electron chi connectivity index (χ1n) is 5.21. The van der Waals surface area contributed by atoms with Crippen LogP contribution in [-0.2, 0) is 4.79 Å². The summed E-state index contributed by atoms with van der Waals surface area (Å²) in [5.74, 6) is -2.38. The van der Waals surface area contributed by atoms with Crippen molar-refractivity contribution in [3.05, 3.63) is 39.4 Å². The van der Waals surface area contributed by atoms with Crippen LogP contribution in [0.1, 0.15) is 15.9 Å². The van der Waals surface area contributed by atoms with E-state index in [0.717, 1.165) is 6.07 Å². The molecule has 1 atom stereocenters. The molecule has 0 radical (unpaired) electrons. The summed E-state index contributed by atoms with van der Waals surface area (Å²) < 4.78 is 12.4. The maximum Gasteiger partial charge on any atom is 0.328 e. The van der Waals surface area contributed by atoms with Gasteiger partial charge in [-0.1, -0.05) is 6.07 Å². The minimum Gasteiger partial charge on any atom is -0.480 e. The van der Waals surface area contributed by atoms with Crippen molar-refractivity contribution in [1.82, 2.24) is 5.32 Å². The molecule has 1 rings (SSSR count). The van der Waals surface area contributed by atoms with Crippen molar-refractivity contribution in [3.63, 3.8) is 0 Å². The lowest BCUT2D eigenvalue weighted by atomic mass is 10.1. The number of carboxylic acids is 1. The molecule has 0 fully saturated rings. The zero-order valence-corrected chi connectivity index (χ0v) is 9.92. The first-order chi connectivity index (χ1) is 8.86. The molecule has 19 heavy (non-hydrogen) atoms. The fourth-order valence-electron chi connectivity index (χ4n) is 1.37. The van der Waals surface area contributed by atoms with Crippen LogP contribution < -0.4 is 5.32 Å². The molecule has 0 saturated carbocycles. The normalized spacial score (nSPS) is 11.7. The number of carbonyl (C=O) groups excluding carboxylic acids is 1. The van der Waals surface area contributed by atoms with Gasteiger partial charge in [0, 0.05) is 17.7 Å². The Morgan fingerprint density at radius 1 is 1.53 bits per heavy atom. The van der Waals surface area contributed by atoms with Crippen LogP contribution >= 0.6 is 0 Å². The number of nitro benzene ring substituents is 1. The van der Waals surface area contributed by atoms with E-state index in [2.05, 4.69) is 0 Å². The predicted octanol–water partition coefficient (Wildman–Crippen LogP) is 1.06. The Morgan fingerprint density at radius 2 is 2.16 bits per heavy atom. The summed E-state index contributed by atoms with van der Waals surface area (Å²) >= 11 is 0. The third-order valence-electron chi connectivity index (χ3n) is 2.43. The van der Waals surface area contributed by atoms with Crippen molar-refractivity contribution in [3.8, 4) is 0 Å². The summed E-state index contributed by atoms with van der Waals surface area (Å²) in [4.78, 5) is 32.3. The third-order valence-corrected chi connectivity index (χ3v) is 2.43. The van der Waals surface area contributed by atoms with Crippen molar-refractivity contribution in [2.24, 2.45) is 0 Å². The third kappa shape index (κ3) is 3.47. The van der Waals surface area contributed by atoms with Gasteiger partial charge in [0.25, 0.3) is 11.6 Å². The fraction of sp³-hybridized carbons (Fsp3) is 0.273. The summed E-state index contributed by atoms with van der Waals surface area (Å²) in [6.07, 6.45) is 0. The van der Waals surface area contributed by atoms with Gasteiger partial charge in [0.1, 0.15) is 6.67 Å². The summed E-state index contributed by atoms with van der Waals surface area (Å²) in [5, 5.41) is 21.2. The lowest BCUT2D eigenvalue weighted by Gasteiger charge is -2.12. The SMILES string of the molecule is Cc1ccc([N+](=O)[O-])cc1C(=O)NC(CF)C(=O)O. The molecule has 0 bridgehead atoms. The van der Waals surface area contributed by atoms with Crippen molar-refractivity contribution in [2.75, 3.05) is 6.67 Å². The van der Waals surface area contributed by atoms with Crippen LogP contribution in [0.4, 0.5) is 10.1 Å². The minimum absolute atomic E-state index is 0.0612. The van der Waals surface area contributed by atoms with Gasteiger partial charge >= 0.3 is 5.97 Å². The Morgan fingerprint density at radius 3 is 2.63 bits per heavy atom. The number of nitrogens with zero attached hydrogens (tertiary/aromatic N) is 1. The van der Waals surface area contributed by atoms with Crippen LogP contribution in [-0.4, -0.2) is 34.6 Å². The molecule has 1 unspecified atom stereocenters. The van der Waals surface area contributed by atoms with Crippen LogP contribution in [0.3, 0.4) is 0 Å². The number of halogens is 1. The van der Waals surface area contributed by atoms with E-state index in [1.807, 2.05) is 5.32 Å². The number of hydrogen-bond acceptors (Lipinski definition) is 4. The van der Waals surface area contributed by atoms with Crippen LogP contribution in [0.25, 0.3) is 0 Å². The van der Waals surface area contributed by atoms with Crippen LogP contribution in [0, 0.1) is 17.0 Å². The quantitative estimate of drug-likeness (QED) is 0.614. The smallest absolute Gasteiger partial charge is 0.328 e. The van der Waals surface area contributed by atoms with E-state index in [-0.39, 0.29) is 11.3 Å². The molecule has 1 aromatic rings. The highest BCUT2D eigenvalue weighted by atomic mass is 19.1. The zero-order chi connectivity index (χ0) is 14.6. The minimum atomic E-state index is -1.67. The number of non-ortho nitro benzene ring substituents is 1. The predicted molar refractivity (Wildman–Crippen MR) is 62.7 cm³/mol. The first kappa shape index (κ1) is 14.6. The number of aliphatic carboxylic acids is 1. The van der Waals surface area contributed by atoms with Gasteiger partial charge in [0.2, 0.25) is 0 Å². The monoisotopic (exact) mass is 270 g/mol. The number of amides is 1. The topological polar surface area (TPSA) is 110 Å². The molecule has 0 aliphatic carbocycles. The van der Waals surface area contributed by atoms with Gasteiger partial charge in [0.05, 0.1) is 4.92 Å². The molecule has 0 spiro atoms. The second kappa shape index (κ2) is 5.89. The lowest BCUT2D eigenvalue weighted by Crippen LogP contribution is -2.42. The second-order valence-corrected chi connectivity index (χ2v) is 3.77. The van der Waals surface area contributed by atoms with Crippen LogP contribution in [0.15, 0.2) is 18.2 Å². The molecule has 2 N–H and O–H groups in total. The average molecular weight is 270 g/mol. The van der Waals surface area contributed by atoms with Crippen molar-refractivity contribution in [1.29, 1.82) is 0 Å². The number of carbonyl (C=O) groups is 2. The Hall–Kier alpha value is -2.51. The van der Waals surface area contributed by atoms with Gasteiger partial charge in [-0.15, -0.1) is 0 Å². The lowest BCUT2D eigenvalue weighted by molar-refractivity contribution is -0.384. The van der Waals surface area contributed by atoms with Crippen molar-refractivity contribution >= 4 is 17.6 Å². The second-order valence-electron chi connectivity index (χ2n) is 3.77. The van der Waals surface area contributed by atoms with Gasteiger partial charge in [-0.2, -0.15) is 0 Å². The molecule has 1 amide bonds. The molecule has 7 nitrogen and oxygen atoms in total. The van der Waals surface area contributed by atoms with Crippen LogP contribution in [0.5, 0.6) is 0 Å². The van der Waals surface area contributed by atoms with Crippen molar-refractivity contribution in [2.45, 2.75) is 13.0 Å². The summed E-state index contributed by atoms with van der Waals surface area (Å²) in [6, 6.07) is 1.92. The largest absolute Gasteiger partial charge is 0.480 e. The summed E-state index contributed by atoms with van der Waals surface area (Å²) in [7, 11) is 0. The standard InChI is InChI=1S/C11H11FN2O5/c1-6-2-3-7(14(18)19)4-8(6)10(15)13-9(5-12)11(16)17/h2-4,9H,5H2,1H3,(H,13,15)(H,16,17). The highest BCUT2D eigenvalue weighted by molar-refractivity contribution is 5.98. The number of rotatable bonds is 5. The summed E-state index contributed by atoms with van der Waals surface area (Å²) in [5.41, 5.74) is 0.0582. The number of aryl methyl sites for hydroxylation is 1. The molecular weight excluding hydrogens is 259 g/mol. The number of hydrogen-bond donors (Lipinski definition) is 2. The number of nitrogens with one attached hydrogen (secondary N) is 1. The maximum atomic E-state index is 12.4. The van der Waals surface area contributed by atoms with E-state index in [0.29, 0.717) is 5.56 Å².